The second kappa shape index (κ2) is 7.26. The van der Waals surface area contributed by atoms with E-state index in [1.807, 2.05) is 23.8 Å². The van der Waals surface area contributed by atoms with Gasteiger partial charge < -0.3 is 15.1 Å². The van der Waals surface area contributed by atoms with Crippen molar-refractivity contribution in [1.82, 2.24) is 35.3 Å². The molecule has 4 heterocycles. The number of fused-ring (bicyclic) bond motifs is 1. The molecule has 0 bridgehead atoms. The van der Waals surface area contributed by atoms with Gasteiger partial charge in [0.25, 0.3) is 5.91 Å². The summed E-state index contributed by atoms with van der Waals surface area (Å²) in [6.07, 6.45) is 2.48. The summed E-state index contributed by atoms with van der Waals surface area (Å²) in [7, 11) is 1.88. The zero-order chi connectivity index (χ0) is 19.0. The van der Waals surface area contributed by atoms with Crippen LogP contribution in [0.1, 0.15) is 26.2 Å². The van der Waals surface area contributed by atoms with Gasteiger partial charge in [-0.1, -0.05) is 5.10 Å². The molecule has 3 aliphatic heterocycles. The number of carbonyl (C=O) groups is 2. The minimum Gasteiger partial charge on any atom is -0.356 e. The van der Waals surface area contributed by atoms with Crippen LogP contribution in [-0.4, -0.2) is 87.6 Å². The summed E-state index contributed by atoms with van der Waals surface area (Å²) in [4.78, 5) is 30.9. The van der Waals surface area contributed by atoms with E-state index < -0.39 is 0 Å². The summed E-state index contributed by atoms with van der Waals surface area (Å²) >= 11 is 0. The zero-order valence-corrected chi connectivity index (χ0v) is 15.9. The Hall–Kier alpha value is -2.49. The van der Waals surface area contributed by atoms with Gasteiger partial charge in [-0.2, -0.15) is 0 Å². The molecule has 10 nitrogen and oxygen atoms in total. The largest absolute Gasteiger partial charge is 0.356 e. The van der Waals surface area contributed by atoms with Crippen molar-refractivity contribution in [2.45, 2.75) is 38.8 Å². The van der Waals surface area contributed by atoms with Gasteiger partial charge in [-0.3, -0.25) is 14.5 Å². The van der Waals surface area contributed by atoms with E-state index in [2.05, 4.69) is 25.7 Å². The van der Waals surface area contributed by atoms with Crippen LogP contribution in [0.15, 0.2) is 11.3 Å². The van der Waals surface area contributed by atoms with Crippen molar-refractivity contribution in [3.63, 3.8) is 0 Å². The van der Waals surface area contributed by atoms with Crippen molar-refractivity contribution < 1.29 is 9.59 Å². The minimum absolute atomic E-state index is 0.0675. The van der Waals surface area contributed by atoms with E-state index in [-0.39, 0.29) is 11.8 Å². The van der Waals surface area contributed by atoms with E-state index in [1.54, 1.807) is 4.68 Å². The second-order valence-electron chi connectivity index (χ2n) is 7.42. The Kier molecular flexibility index (Phi) is 4.81. The Morgan fingerprint density at radius 1 is 1.19 bits per heavy atom. The first-order chi connectivity index (χ1) is 13.0. The SMILES string of the molecule is CC1=C(C(=O)N2CCN(C3CCNC(=O)CC3)CC2)Cn2nnnc2N1C. The number of anilines is 1. The molecule has 0 aromatic carbocycles. The smallest absolute Gasteiger partial charge is 0.253 e. The van der Waals surface area contributed by atoms with Gasteiger partial charge in [0, 0.05) is 57.9 Å². The number of aromatic nitrogens is 4. The monoisotopic (exact) mass is 374 g/mol. The number of piperazine rings is 1. The molecule has 1 aromatic rings. The van der Waals surface area contributed by atoms with Crippen LogP contribution >= 0.6 is 0 Å². The number of amides is 2. The maximum atomic E-state index is 13.1. The highest BCUT2D eigenvalue weighted by Crippen LogP contribution is 2.25. The molecule has 2 amide bonds. The van der Waals surface area contributed by atoms with Crippen LogP contribution in [0.4, 0.5) is 5.95 Å². The third kappa shape index (κ3) is 3.41. The number of tetrazole rings is 1. The van der Waals surface area contributed by atoms with E-state index in [0.717, 1.165) is 43.7 Å². The van der Waals surface area contributed by atoms with Gasteiger partial charge in [0.2, 0.25) is 11.9 Å². The Balaban J connectivity index is 1.39. The normalized spacial score (nSPS) is 24.5. The molecule has 27 heavy (non-hydrogen) atoms. The molecule has 3 aliphatic rings. The van der Waals surface area contributed by atoms with Crippen LogP contribution < -0.4 is 10.2 Å². The summed E-state index contributed by atoms with van der Waals surface area (Å²) < 4.78 is 1.66. The molecule has 0 spiro atoms. The highest BCUT2D eigenvalue weighted by Gasteiger charge is 2.32. The number of hydrogen-bond donors (Lipinski definition) is 1. The zero-order valence-electron chi connectivity index (χ0n) is 15.9. The lowest BCUT2D eigenvalue weighted by molar-refractivity contribution is -0.129. The summed E-state index contributed by atoms with van der Waals surface area (Å²) in [6.45, 7) is 6.21. The van der Waals surface area contributed by atoms with Gasteiger partial charge in [-0.25, -0.2) is 4.68 Å². The van der Waals surface area contributed by atoms with Crippen LogP contribution in [0.25, 0.3) is 0 Å². The number of nitrogens with zero attached hydrogens (tertiary/aromatic N) is 7. The lowest BCUT2D eigenvalue weighted by Crippen LogP contribution is -2.53. The van der Waals surface area contributed by atoms with E-state index >= 15 is 0 Å². The predicted octanol–water partition coefficient (Wildman–Crippen LogP) is -0.790. The molecule has 1 atom stereocenters. The maximum absolute atomic E-state index is 13.1. The number of nitrogens with one attached hydrogen (secondary N) is 1. The van der Waals surface area contributed by atoms with Crippen LogP contribution in [0.3, 0.4) is 0 Å². The molecule has 1 aromatic heterocycles. The number of rotatable bonds is 2. The first kappa shape index (κ1) is 17.9. The fraction of sp³-hybridized carbons (Fsp3) is 0.706. The molecule has 146 valence electrons. The van der Waals surface area contributed by atoms with E-state index in [1.165, 1.54) is 0 Å². The van der Waals surface area contributed by atoms with Crippen molar-refractivity contribution in [1.29, 1.82) is 0 Å². The summed E-state index contributed by atoms with van der Waals surface area (Å²) in [5, 5.41) is 14.6. The molecular weight excluding hydrogens is 348 g/mol. The average molecular weight is 374 g/mol. The lowest BCUT2D eigenvalue weighted by Gasteiger charge is -2.40. The fourth-order valence-corrected chi connectivity index (χ4v) is 4.14. The Labute approximate surface area is 158 Å². The molecule has 10 heteroatoms. The van der Waals surface area contributed by atoms with Crippen molar-refractivity contribution in [2.24, 2.45) is 0 Å². The maximum Gasteiger partial charge on any atom is 0.253 e. The van der Waals surface area contributed by atoms with Gasteiger partial charge in [-0.05, 0) is 30.2 Å². The van der Waals surface area contributed by atoms with Crippen LogP contribution in [0, 0.1) is 0 Å². The van der Waals surface area contributed by atoms with Crippen molar-refractivity contribution in [2.75, 3.05) is 44.7 Å². The van der Waals surface area contributed by atoms with Gasteiger partial charge in [0.15, 0.2) is 0 Å². The number of hydrogen-bond acceptors (Lipinski definition) is 7. The van der Waals surface area contributed by atoms with Crippen LogP contribution in [0.2, 0.25) is 0 Å². The molecule has 0 aliphatic carbocycles. The van der Waals surface area contributed by atoms with Gasteiger partial charge >= 0.3 is 0 Å². The van der Waals surface area contributed by atoms with E-state index in [9.17, 15) is 9.59 Å². The molecule has 2 fully saturated rings. The summed E-state index contributed by atoms with van der Waals surface area (Å²) in [5.74, 6) is 0.875. The van der Waals surface area contributed by atoms with E-state index in [4.69, 9.17) is 0 Å². The highest BCUT2D eigenvalue weighted by molar-refractivity contribution is 5.95. The quantitative estimate of drug-likeness (QED) is 0.724. The Morgan fingerprint density at radius 3 is 2.74 bits per heavy atom. The first-order valence-corrected chi connectivity index (χ1v) is 9.54. The molecular formula is C17H26N8O2. The molecule has 1 unspecified atom stereocenters. The lowest BCUT2D eigenvalue weighted by atomic mass is 10.1. The van der Waals surface area contributed by atoms with Gasteiger partial charge in [-0.15, -0.1) is 0 Å². The van der Waals surface area contributed by atoms with Crippen LogP contribution in [-0.2, 0) is 16.1 Å². The van der Waals surface area contributed by atoms with Crippen molar-refractivity contribution in [3.8, 4) is 0 Å². The average Bonchev–Trinajstić information content (AvgIpc) is 3.05. The van der Waals surface area contributed by atoms with Gasteiger partial charge in [0.05, 0.1) is 12.1 Å². The first-order valence-electron chi connectivity index (χ1n) is 9.54. The molecule has 0 radical (unpaired) electrons. The number of carbonyl (C=O) groups excluding carboxylic acids is 2. The molecule has 1 N–H and O–H groups in total. The second-order valence-corrected chi connectivity index (χ2v) is 7.42. The van der Waals surface area contributed by atoms with Gasteiger partial charge in [0.1, 0.15) is 0 Å². The van der Waals surface area contributed by atoms with Crippen molar-refractivity contribution in [3.05, 3.63) is 11.3 Å². The van der Waals surface area contributed by atoms with E-state index in [0.29, 0.717) is 38.0 Å². The molecule has 0 saturated carbocycles. The number of allylic oxidation sites excluding steroid dienone is 1. The summed E-state index contributed by atoms with van der Waals surface area (Å²) in [5.41, 5.74) is 1.65. The predicted molar refractivity (Wildman–Crippen MR) is 97.7 cm³/mol. The molecule has 4 rings (SSSR count). The standard InChI is InChI=1S/C17H26N8O2/c1-12-14(11-25-17(22(12)2)19-20-21-25)16(27)24-9-7-23(8-10-24)13-3-4-15(26)18-6-5-13/h13H,3-11H2,1-2H3,(H,18,26). The summed E-state index contributed by atoms with van der Waals surface area (Å²) in [6, 6.07) is 0.423. The minimum atomic E-state index is 0.0675. The van der Waals surface area contributed by atoms with Crippen molar-refractivity contribution >= 4 is 17.8 Å². The Morgan fingerprint density at radius 2 is 1.96 bits per heavy atom. The molecule has 2 saturated heterocycles. The fourth-order valence-electron chi connectivity index (χ4n) is 4.14. The topological polar surface area (TPSA) is 99.5 Å². The Bertz CT molecular complexity index is 765. The highest BCUT2D eigenvalue weighted by atomic mass is 16.2. The third-order valence-electron chi connectivity index (χ3n) is 5.94. The van der Waals surface area contributed by atoms with Crippen LogP contribution in [0.5, 0.6) is 0 Å². The third-order valence-corrected chi connectivity index (χ3v) is 5.94.